The van der Waals surface area contributed by atoms with E-state index in [4.69, 9.17) is 0 Å². The van der Waals surface area contributed by atoms with Gasteiger partial charge in [-0.1, -0.05) is 0 Å². The quantitative estimate of drug-likeness (QED) is 0.648. The van der Waals surface area contributed by atoms with Crippen LogP contribution in [0.4, 0.5) is 10.1 Å². The largest absolute Gasteiger partial charge is 0.318 e. The molecule has 4 heterocycles. The Hall–Kier alpha value is -3.15. The minimum absolute atomic E-state index is 0.0981. The van der Waals surface area contributed by atoms with Crippen LogP contribution in [-0.2, 0) is 0 Å². The third-order valence-electron chi connectivity index (χ3n) is 4.25. The summed E-state index contributed by atoms with van der Waals surface area (Å²) >= 11 is 0. The van der Waals surface area contributed by atoms with Gasteiger partial charge in [0, 0.05) is 30.6 Å². The van der Waals surface area contributed by atoms with E-state index in [1.165, 1.54) is 12.1 Å². The van der Waals surface area contributed by atoms with Gasteiger partial charge in [0.15, 0.2) is 6.20 Å². The molecule has 5 rings (SSSR count). The van der Waals surface area contributed by atoms with Crippen molar-refractivity contribution in [1.29, 1.82) is 0 Å². The van der Waals surface area contributed by atoms with Crippen LogP contribution < -0.4 is 14.8 Å². The van der Waals surface area contributed by atoms with Crippen molar-refractivity contribution in [3.05, 3.63) is 73.1 Å². The zero-order valence-corrected chi connectivity index (χ0v) is 12.1. The van der Waals surface area contributed by atoms with E-state index in [0.717, 1.165) is 22.8 Å². The van der Waals surface area contributed by atoms with Crippen molar-refractivity contribution < 1.29 is 8.96 Å². The van der Waals surface area contributed by atoms with Gasteiger partial charge in [0.2, 0.25) is 5.69 Å². The Morgan fingerprint density at radius 1 is 1.13 bits per heavy atom. The molecule has 0 saturated heterocycles. The van der Waals surface area contributed by atoms with Gasteiger partial charge >= 0.3 is 6.29 Å². The van der Waals surface area contributed by atoms with Crippen LogP contribution in [0.15, 0.2) is 67.3 Å². The summed E-state index contributed by atoms with van der Waals surface area (Å²) < 4.78 is 17.8. The summed E-state index contributed by atoms with van der Waals surface area (Å²) in [4.78, 5) is 2.07. The normalized spacial score (nSPS) is 17.4. The van der Waals surface area contributed by atoms with Crippen LogP contribution in [0.3, 0.4) is 0 Å². The molecule has 112 valence electrons. The smallest absolute Gasteiger partial charge is 0.314 e. The maximum absolute atomic E-state index is 13.9. The number of benzene rings is 1. The summed E-state index contributed by atoms with van der Waals surface area (Å²) in [6, 6.07) is 12.8. The molecule has 5 nitrogen and oxygen atoms in total. The van der Waals surface area contributed by atoms with Crippen molar-refractivity contribution in [1.82, 2.24) is 15.1 Å². The van der Waals surface area contributed by atoms with Crippen LogP contribution in [0.5, 0.6) is 0 Å². The van der Waals surface area contributed by atoms with Crippen molar-refractivity contribution in [2.45, 2.75) is 6.29 Å². The van der Waals surface area contributed by atoms with Crippen LogP contribution in [0.1, 0.15) is 6.29 Å². The molecule has 0 fully saturated rings. The van der Waals surface area contributed by atoms with E-state index in [1.807, 2.05) is 42.9 Å². The van der Waals surface area contributed by atoms with Crippen LogP contribution in [-0.4, -0.2) is 9.78 Å². The van der Waals surface area contributed by atoms with Crippen molar-refractivity contribution in [2.24, 2.45) is 0 Å². The van der Waals surface area contributed by atoms with E-state index in [0.29, 0.717) is 0 Å². The number of fused-ring (bicyclic) bond motifs is 8. The summed E-state index contributed by atoms with van der Waals surface area (Å²) in [6.45, 7) is 0. The van der Waals surface area contributed by atoms with Crippen molar-refractivity contribution in [2.75, 3.05) is 4.90 Å². The lowest BCUT2D eigenvalue weighted by molar-refractivity contribution is -0.714. The standard InChI is InChI=1S/C17H13FN5/c18-12-4-5-14-16(11-12)23-15(6-7-20-23)13-3-1-2-9-21(13)17-19-8-10-22(14)17/h1-11,17,19H/q+1/t17-/m1/s1. The van der Waals surface area contributed by atoms with Crippen LogP contribution in [0, 0.1) is 5.82 Å². The van der Waals surface area contributed by atoms with Gasteiger partial charge in [-0.05, 0) is 24.3 Å². The summed E-state index contributed by atoms with van der Waals surface area (Å²) in [7, 11) is 0. The molecule has 0 bridgehead atoms. The lowest BCUT2D eigenvalue weighted by Crippen LogP contribution is -2.53. The maximum Gasteiger partial charge on any atom is 0.318 e. The molecule has 2 aliphatic rings. The molecule has 0 radical (unpaired) electrons. The van der Waals surface area contributed by atoms with Gasteiger partial charge in [-0.25, -0.2) is 9.07 Å². The Morgan fingerprint density at radius 3 is 3.04 bits per heavy atom. The van der Waals surface area contributed by atoms with E-state index >= 15 is 0 Å². The van der Waals surface area contributed by atoms with Gasteiger partial charge in [-0.3, -0.25) is 4.90 Å². The maximum atomic E-state index is 13.9. The van der Waals surface area contributed by atoms with Crippen LogP contribution >= 0.6 is 0 Å². The monoisotopic (exact) mass is 306 g/mol. The molecule has 2 aromatic heterocycles. The van der Waals surface area contributed by atoms with E-state index in [1.54, 1.807) is 16.9 Å². The highest BCUT2D eigenvalue weighted by Gasteiger charge is 2.36. The van der Waals surface area contributed by atoms with E-state index in [9.17, 15) is 4.39 Å². The summed E-state index contributed by atoms with van der Waals surface area (Å²) in [5.74, 6) is -0.278. The number of aromatic nitrogens is 3. The fourth-order valence-corrected chi connectivity index (χ4v) is 3.26. The molecule has 6 heteroatoms. The van der Waals surface area contributed by atoms with E-state index in [-0.39, 0.29) is 12.1 Å². The number of halogens is 1. The molecule has 0 aliphatic carbocycles. The lowest BCUT2D eigenvalue weighted by atomic mass is 10.2. The lowest BCUT2D eigenvalue weighted by Gasteiger charge is -2.27. The van der Waals surface area contributed by atoms with Crippen molar-refractivity contribution in [3.8, 4) is 17.1 Å². The van der Waals surface area contributed by atoms with Crippen molar-refractivity contribution in [3.63, 3.8) is 0 Å². The van der Waals surface area contributed by atoms with Gasteiger partial charge in [-0.2, -0.15) is 9.67 Å². The number of anilines is 1. The summed E-state index contributed by atoms with van der Waals surface area (Å²) in [5, 5.41) is 7.77. The van der Waals surface area contributed by atoms with Gasteiger partial charge < -0.3 is 5.32 Å². The first-order valence-electron chi connectivity index (χ1n) is 7.38. The molecule has 0 unspecified atom stereocenters. The molecule has 2 aliphatic heterocycles. The zero-order valence-electron chi connectivity index (χ0n) is 12.1. The molecule has 0 spiro atoms. The third-order valence-corrected chi connectivity index (χ3v) is 4.25. The van der Waals surface area contributed by atoms with E-state index < -0.39 is 0 Å². The first-order valence-corrected chi connectivity index (χ1v) is 7.38. The topological polar surface area (TPSA) is 37.0 Å². The second kappa shape index (κ2) is 4.42. The van der Waals surface area contributed by atoms with Crippen molar-refractivity contribution >= 4 is 5.69 Å². The Morgan fingerprint density at radius 2 is 2.09 bits per heavy atom. The highest BCUT2D eigenvalue weighted by molar-refractivity contribution is 5.69. The molecule has 1 aromatic carbocycles. The summed E-state index contributed by atoms with van der Waals surface area (Å²) in [6.07, 6.45) is 7.52. The average molecular weight is 306 g/mol. The molecule has 0 amide bonds. The van der Waals surface area contributed by atoms with E-state index in [2.05, 4.69) is 19.9 Å². The predicted octanol–water partition coefficient (Wildman–Crippen LogP) is 2.32. The minimum atomic E-state index is -0.278. The van der Waals surface area contributed by atoms with Gasteiger partial charge in [0.25, 0.3) is 0 Å². The number of nitrogens with one attached hydrogen (secondary N) is 1. The number of nitrogens with zero attached hydrogens (tertiary/aromatic N) is 4. The Bertz CT molecular complexity index is 946. The average Bonchev–Trinajstić information content (AvgIpc) is 3.23. The Labute approximate surface area is 131 Å². The highest BCUT2D eigenvalue weighted by atomic mass is 19.1. The summed E-state index contributed by atoms with van der Waals surface area (Å²) in [5.41, 5.74) is 3.54. The first kappa shape index (κ1) is 12.4. The van der Waals surface area contributed by atoms with Gasteiger partial charge in [0.1, 0.15) is 11.5 Å². The molecule has 3 aromatic rings. The second-order valence-corrected chi connectivity index (χ2v) is 5.52. The Balaban J connectivity index is 1.90. The van der Waals surface area contributed by atoms with Crippen LogP contribution in [0.2, 0.25) is 0 Å². The SMILES string of the molecule is Fc1ccc2c(c1)-n1nccc1-c1cccc[n+]1[C@H]1NC=CN21. The third kappa shape index (κ3) is 1.66. The molecule has 0 saturated carbocycles. The highest BCUT2D eigenvalue weighted by Crippen LogP contribution is 2.34. The molecular formula is C17H13FN5+. The molecule has 1 N–H and O–H groups in total. The second-order valence-electron chi connectivity index (χ2n) is 5.52. The number of hydrogen-bond donors (Lipinski definition) is 1. The van der Waals surface area contributed by atoms with Gasteiger partial charge in [0.05, 0.1) is 17.6 Å². The molecule has 23 heavy (non-hydrogen) atoms. The zero-order chi connectivity index (χ0) is 15.4. The number of pyridine rings is 1. The minimum Gasteiger partial charge on any atom is -0.314 e. The van der Waals surface area contributed by atoms with Crippen LogP contribution in [0.25, 0.3) is 17.1 Å². The number of hydrogen-bond acceptors (Lipinski definition) is 3. The molecular weight excluding hydrogens is 293 g/mol. The fourth-order valence-electron chi connectivity index (χ4n) is 3.26. The molecule has 1 atom stereocenters. The first-order chi connectivity index (χ1) is 11.3. The Kier molecular flexibility index (Phi) is 2.38. The number of rotatable bonds is 0. The predicted molar refractivity (Wildman–Crippen MR) is 82.9 cm³/mol. The fraction of sp³-hybridized carbons (Fsp3) is 0.0588. The van der Waals surface area contributed by atoms with Gasteiger partial charge in [-0.15, -0.1) is 0 Å².